The lowest BCUT2D eigenvalue weighted by Crippen LogP contribution is -2.43. The Kier molecular flexibility index (Phi) is 5.69. The molecule has 1 atom stereocenters. The largest absolute Gasteiger partial charge is 0.408 e. The first kappa shape index (κ1) is 15.9. The molecule has 2 heterocycles. The van der Waals surface area contributed by atoms with E-state index in [9.17, 15) is 4.79 Å². The third kappa shape index (κ3) is 5.43. The second-order valence-corrected chi connectivity index (χ2v) is 5.98. The van der Waals surface area contributed by atoms with Crippen LogP contribution in [-0.2, 0) is 4.79 Å². The van der Waals surface area contributed by atoms with Gasteiger partial charge in [0.15, 0.2) is 0 Å². The molecule has 21 heavy (non-hydrogen) atoms. The van der Waals surface area contributed by atoms with Crippen molar-refractivity contribution in [2.45, 2.75) is 39.7 Å². The van der Waals surface area contributed by atoms with E-state index in [1.54, 1.807) is 6.92 Å². The predicted molar refractivity (Wildman–Crippen MR) is 80.0 cm³/mol. The minimum absolute atomic E-state index is 0.101. The lowest BCUT2D eigenvalue weighted by Gasteiger charge is -2.32. The van der Waals surface area contributed by atoms with Crippen molar-refractivity contribution in [2.24, 2.45) is 5.92 Å². The molecule has 118 valence electrons. The maximum Gasteiger partial charge on any atom is 0.322 e. The summed E-state index contributed by atoms with van der Waals surface area (Å²) in [6, 6.07) is 0.678. The number of carbonyl (C=O) groups is 1. The van der Waals surface area contributed by atoms with E-state index in [4.69, 9.17) is 4.42 Å². The summed E-state index contributed by atoms with van der Waals surface area (Å²) in [6.45, 7) is 9.31. The molecular formula is C14H25N5O2. The smallest absolute Gasteiger partial charge is 0.322 e. The predicted octanol–water partition coefficient (Wildman–Crippen LogP) is 1.03. The third-order valence-corrected chi connectivity index (χ3v) is 3.56. The molecule has 1 aliphatic rings. The number of anilines is 1. The number of hydrogen-bond acceptors (Lipinski definition) is 6. The molecule has 0 spiro atoms. The molecule has 0 radical (unpaired) electrons. The Morgan fingerprint density at radius 1 is 1.48 bits per heavy atom. The summed E-state index contributed by atoms with van der Waals surface area (Å²) in [5, 5.41) is 13.6. The lowest BCUT2D eigenvalue weighted by atomic mass is 9.98. The topological polar surface area (TPSA) is 83.3 Å². The molecule has 1 amide bonds. The van der Waals surface area contributed by atoms with Crippen LogP contribution in [0.2, 0.25) is 0 Å². The van der Waals surface area contributed by atoms with E-state index in [0.717, 1.165) is 26.1 Å². The van der Waals surface area contributed by atoms with E-state index < -0.39 is 0 Å². The van der Waals surface area contributed by atoms with Gasteiger partial charge in [-0.2, -0.15) is 0 Å². The second kappa shape index (κ2) is 7.51. The van der Waals surface area contributed by atoms with Gasteiger partial charge in [0, 0.05) is 19.5 Å². The Bertz CT molecular complexity index is 460. The van der Waals surface area contributed by atoms with Gasteiger partial charge in [-0.1, -0.05) is 18.9 Å². The molecule has 1 aromatic rings. The minimum atomic E-state index is -0.101. The maximum absolute atomic E-state index is 12.0. The van der Waals surface area contributed by atoms with Crippen molar-refractivity contribution in [3.05, 3.63) is 5.89 Å². The van der Waals surface area contributed by atoms with Crippen molar-refractivity contribution in [2.75, 3.05) is 31.5 Å². The molecule has 1 aliphatic heterocycles. The fourth-order valence-electron chi connectivity index (χ4n) is 2.57. The number of likely N-dealkylation sites (tertiary alicyclic amines) is 1. The van der Waals surface area contributed by atoms with Gasteiger partial charge in [0.1, 0.15) is 0 Å². The number of piperidine rings is 1. The van der Waals surface area contributed by atoms with E-state index in [2.05, 4.69) is 39.6 Å². The van der Waals surface area contributed by atoms with Crippen LogP contribution in [0, 0.1) is 12.8 Å². The zero-order valence-electron chi connectivity index (χ0n) is 13.1. The zero-order chi connectivity index (χ0) is 15.2. The van der Waals surface area contributed by atoms with Gasteiger partial charge >= 0.3 is 6.01 Å². The summed E-state index contributed by atoms with van der Waals surface area (Å²) < 4.78 is 5.15. The number of aromatic nitrogens is 2. The fraction of sp³-hybridized carbons (Fsp3) is 0.786. The molecular weight excluding hydrogens is 270 g/mol. The van der Waals surface area contributed by atoms with E-state index in [1.165, 1.54) is 6.42 Å². The average Bonchev–Trinajstić information content (AvgIpc) is 2.82. The van der Waals surface area contributed by atoms with E-state index in [0.29, 0.717) is 24.4 Å². The quantitative estimate of drug-likeness (QED) is 0.815. The SMILES string of the molecule is Cc1nnc(NC(=O)CN2CCCC(CNC(C)C)C2)o1. The maximum atomic E-state index is 12.0. The van der Waals surface area contributed by atoms with Gasteiger partial charge < -0.3 is 9.73 Å². The van der Waals surface area contributed by atoms with Crippen LogP contribution in [0.25, 0.3) is 0 Å². The third-order valence-electron chi connectivity index (χ3n) is 3.56. The van der Waals surface area contributed by atoms with Gasteiger partial charge in [-0.05, 0) is 31.8 Å². The number of carbonyl (C=O) groups excluding carboxylic acids is 1. The van der Waals surface area contributed by atoms with Gasteiger partial charge in [0.2, 0.25) is 11.8 Å². The molecule has 7 heteroatoms. The van der Waals surface area contributed by atoms with Gasteiger partial charge in [-0.3, -0.25) is 15.0 Å². The summed E-state index contributed by atoms with van der Waals surface area (Å²) in [6.07, 6.45) is 2.36. The first-order chi connectivity index (χ1) is 10.0. The Morgan fingerprint density at radius 2 is 2.29 bits per heavy atom. The summed E-state index contributed by atoms with van der Waals surface area (Å²) >= 11 is 0. The highest BCUT2D eigenvalue weighted by Gasteiger charge is 2.22. The van der Waals surface area contributed by atoms with Crippen molar-refractivity contribution in [1.82, 2.24) is 20.4 Å². The van der Waals surface area contributed by atoms with E-state index >= 15 is 0 Å². The van der Waals surface area contributed by atoms with E-state index in [-0.39, 0.29) is 11.9 Å². The number of nitrogens with one attached hydrogen (secondary N) is 2. The van der Waals surface area contributed by atoms with Crippen LogP contribution in [0.3, 0.4) is 0 Å². The molecule has 2 rings (SSSR count). The van der Waals surface area contributed by atoms with Crippen LogP contribution in [-0.4, -0.2) is 53.2 Å². The standard InChI is InChI=1S/C14H25N5O2/c1-10(2)15-7-12-5-4-6-19(8-12)9-13(20)16-14-18-17-11(3)21-14/h10,12,15H,4-9H2,1-3H3,(H,16,18,20). The van der Waals surface area contributed by atoms with Crippen LogP contribution < -0.4 is 10.6 Å². The number of rotatable bonds is 6. The normalized spacial score (nSPS) is 19.9. The van der Waals surface area contributed by atoms with Gasteiger partial charge in [-0.15, -0.1) is 5.10 Å². The number of hydrogen-bond donors (Lipinski definition) is 2. The molecule has 0 aromatic carbocycles. The monoisotopic (exact) mass is 295 g/mol. The number of amides is 1. The fourth-order valence-corrected chi connectivity index (χ4v) is 2.57. The number of nitrogens with zero attached hydrogens (tertiary/aromatic N) is 3. The summed E-state index contributed by atoms with van der Waals surface area (Å²) in [5.74, 6) is 0.957. The average molecular weight is 295 g/mol. The molecule has 1 saturated heterocycles. The van der Waals surface area contributed by atoms with Crippen LogP contribution >= 0.6 is 0 Å². The summed E-state index contributed by atoms with van der Waals surface area (Å²) in [7, 11) is 0. The zero-order valence-corrected chi connectivity index (χ0v) is 13.1. The molecule has 7 nitrogen and oxygen atoms in total. The minimum Gasteiger partial charge on any atom is -0.408 e. The van der Waals surface area contributed by atoms with Gasteiger partial charge in [-0.25, -0.2) is 0 Å². The Hall–Kier alpha value is -1.47. The van der Waals surface area contributed by atoms with Gasteiger partial charge in [0.25, 0.3) is 0 Å². The molecule has 0 saturated carbocycles. The molecule has 1 fully saturated rings. The highest BCUT2D eigenvalue weighted by atomic mass is 16.4. The highest BCUT2D eigenvalue weighted by Crippen LogP contribution is 2.16. The van der Waals surface area contributed by atoms with Crippen molar-refractivity contribution in [3.63, 3.8) is 0 Å². The molecule has 1 aromatic heterocycles. The molecule has 2 N–H and O–H groups in total. The first-order valence-electron chi connectivity index (χ1n) is 7.58. The van der Waals surface area contributed by atoms with Gasteiger partial charge in [0.05, 0.1) is 6.54 Å². The van der Waals surface area contributed by atoms with Crippen LogP contribution in [0.1, 0.15) is 32.6 Å². The van der Waals surface area contributed by atoms with Crippen LogP contribution in [0.15, 0.2) is 4.42 Å². The van der Waals surface area contributed by atoms with Crippen LogP contribution in [0.4, 0.5) is 6.01 Å². The lowest BCUT2D eigenvalue weighted by molar-refractivity contribution is -0.117. The summed E-state index contributed by atoms with van der Waals surface area (Å²) in [4.78, 5) is 14.2. The Morgan fingerprint density at radius 3 is 2.95 bits per heavy atom. The summed E-state index contributed by atoms with van der Waals surface area (Å²) in [5.41, 5.74) is 0. The number of aryl methyl sites for hydroxylation is 1. The second-order valence-electron chi connectivity index (χ2n) is 5.98. The Balaban J connectivity index is 1.75. The first-order valence-corrected chi connectivity index (χ1v) is 7.58. The molecule has 0 bridgehead atoms. The van der Waals surface area contributed by atoms with Crippen LogP contribution in [0.5, 0.6) is 0 Å². The Labute approximate surface area is 125 Å². The van der Waals surface area contributed by atoms with E-state index in [1.807, 2.05) is 0 Å². The molecule has 0 aliphatic carbocycles. The molecule has 1 unspecified atom stereocenters. The van der Waals surface area contributed by atoms with Crippen molar-refractivity contribution in [1.29, 1.82) is 0 Å². The van der Waals surface area contributed by atoms with Crippen molar-refractivity contribution < 1.29 is 9.21 Å². The highest BCUT2D eigenvalue weighted by molar-refractivity contribution is 5.90. The van der Waals surface area contributed by atoms with Crippen molar-refractivity contribution >= 4 is 11.9 Å². The van der Waals surface area contributed by atoms with Crippen molar-refractivity contribution in [3.8, 4) is 0 Å².